The van der Waals surface area contributed by atoms with Crippen LogP contribution in [0.15, 0.2) is 0 Å². The zero-order valence-electron chi connectivity index (χ0n) is 25.3. The van der Waals surface area contributed by atoms with Crippen molar-refractivity contribution in [3.63, 3.8) is 0 Å². The third kappa shape index (κ3) is 5.75. The fourth-order valence-electron chi connectivity index (χ4n) is 9.34. The Labute approximate surface area is 263 Å². The standard InChI is InChI=1S/C31H45Cl2N5O5/c1-29(2,3)24(36-28(43)37-30-11-16-7-17(12-30)9-18(8-16)13-30)27(42)38-14-19-21(31(19,32)33)22(38)26(41)35-20(23(39)25(34)40)10-15-5-4-6-15/h15-22,24H,4-14H2,1-3H3,(H2,34,40)(H,35,41)(H2,36,37,43)/t16?,17?,18?,19-,20?,21-,22-,24+,30?/m0/s1. The van der Waals surface area contributed by atoms with Gasteiger partial charge in [-0.1, -0.05) is 40.0 Å². The molecule has 0 radical (unpaired) electrons. The first-order valence-electron chi connectivity index (χ1n) is 16.0. The number of likely N-dealkylation sites (tertiary alicyclic amines) is 1. The molecule has 0 aromatic rings. The Kier molecular flexibility index (Phi) is 7.75. The molecule has 1 saturated heterocycles. The predicted octanol–water partition coefficient (Wildman–Crippen LogP) is 3.03. The first-order valence-corrected chi connectivity index (χ1v) is 16.7. The van der Waals surface area contributed by atoms with Gasteiger partial charge in [0.05, 0.1) is 6.04 Å². The second kappa shape index (κ2) is 10.8. The molecule has 43 heavy (non-hydrogen) atoms. The molecule has 5 amide bonds. The largest absolute Gasteiger partial charge is 0.363 e. The summed E-state index contributed by atoms with van der Waals surface area (Å²) in [6.07, 6.45) is 9.87. The summed E-state index contributed by atoms with van der Waals surface area (Å²) in [6.45, 7) is 5.77. The third-order valence-corrected chi connectivity index (χ3v) is 12.4. The highest BCUT2D eigenvalue weighted by Crippen LogP contribution is 2.65. The highest BCUT2D eigenvalue weighted by Gasteiger charge is 2.74. The number of nitrogens with two attached hydrogens (primary N) is 1. The highest BCUT2D eigenvalue weighted by molar-refractivity contribution is 6.51. The molecule has 7 fully saturated rings. The van der Waals surface area contributed by atoms with Crippen LogP contribution >= 0.6 is 23.2 Å². The Hall–Kier alpha value is -2.07. The number of amides is 5. The van der Waals surface area contributed by atoms with Crippen molar-refractivity contribution in [1.82, 2.24) is 20.9 Å². The molecule has 0 spiro atoms. The molecule has 6 aliphatic carbocycles. The number of fused-ring (bicyclic) bond motifs is 1. The molecule has 6 saturated carbocycles. The average Bonchev–Trinajstić information content (AvgIpc) is 3.18. The Morgan fingerprint density at radius 1 is 0.953 bits per heavy atom. The molecule has 5 atom stereocenters. The van der Waals surface area contributed by atoms with Gasteiger partial charge in [-0.25, -0.2) is 4.79 Å². The van der Waals surface area contributed by atoms with Crippen LogP contribution in [0.5, 0.6) is 0 Å². The first kappa shape index (κ1) is 30.9. The molecule has 0 aromatic heterocycles. The van der Waals surface area contributed by atoms with Crippen LogP contribution in [0.4, 0.5) is 4.79 Å². The van der Waals surface area contributed by atoms with Gasteiger partial charge in [0.15, 0.2) is 0 Å². The number of primary amides is 1. The number of urea groups is 1. The highest BCUT2D eigenvalue weighted by atomic mass is 35.5. The second-order valence-corrected chi connectivity index (χ2v) is 17.1. The van der Waals surface area contributed by atoms with Crippen molar-refractivity contribution in [2.24, 2.45) is 46.7 Å². The smallest absolute Gasteiger partial charge is 0.315 e. The molecule has 5 N–H and O–H groups in total. The number of hydrogen-bond acceptors (Lipinski definition) is 5. The quantitative estimate of drug-likeness (QED) is 0.226. The van der Waals surface area contributed by atoms with Gasteiger partial charge in [-0.05, 0) is 74.0 Å². The number of alkyl halides is 2. The van der Waals surface area contributed by atoms with Gasteiger partial charge >= 0.3 is 6.03 Å². The van der Waals surface area contributed by atoms with Gasteiger partial charge in [0.2, 0.25) is 17.6 Å². The lowest BCUT2D eigenvalue weighted by atomic mass is 9.53. The lowest BCUT2D eigenvalue weighted by Crippen LogP contribution is -2.65. The lowest BCUT2D eigenvalue weighted by molar-refractivity contribution is -0.144. The van der Waals surface area contributed by atoms with Crippen molar-refractivity contribution in [2.75, 3.05) is 6.54 Å². The maximum atomic E-state index is 14.2. The molecule has 238 valence electrons. The number of piperidine rings is 1. The summed E-state index contributed by atoms with van der Waals surface area (Å²) in [4.78, 5) is 67.4. The van der Waals surface area contributed by atoms with E-state index in [9.17, 15) is 24.0 Å². The molecule has 1 unspecified atom stereocenters. The molecule has 4 bridgehead atoms. The van der Waals surface area contributed by atoms with Crippen LogP contribution < -0.4 is 21.7 Å². The van der Waals surface area contributed by atoms with E-state index in [-0.39, 0.29) is 30.0 Å². The minimum atomic E-state index is -1.18. The number of Topliss-reactive ketones (excluding diaryl/α,β-unsaturated/α-hetero) is 1. The van der Waals surface area contributed by atoms with E-state index in [2.05, 4.69) is 16.0 Å². The van der Waals surface area contributed by atoms with Crippen molar-refractivity contribution >= 4 is 52.7 Å². The van der Waals surface area contributed by atoms with Gasteiger partial charge in [-0.15, -0.1) is 23.2 Å². The maximum Gasteiger partial charge on any atom is 0.315 e. The molecule has 12 heteroatoms. The summed E-state index contributed by atoms with van der Waals surface area (Å²) in [6, 6.07) is -3.41. The summed E-state index contributed by atoms with van der Waals surface area (Å²) < 4.78 is -1.18. The van der Waals surface area contributed by atoms with Crippen molar-refractivity contribution in [3.8, 4) is 0 Å². The van der Waals surface area contributed by atoms with E-state index in [4.69, 9.17) is 28.9 Å². The van der Waals surface area contributed by atoms with E-state index in [0.717, 1.165) is 38.5 Å². The Morgan fingerprint density at radius 3 is 2.02 bits per heavy atom. The van der Waals surface area contributed by atoms with Gasteiger partial charge < -0.3 is 26.6 Å². The number of nitrogens with zero attached hydrogens (tertiary/aromatic N) is 1. The van der Waals surface area contributed by atoms with E-state index >= 15 is 0 Å². The number of halogens is 2. The van der Waals surface area contributed by atoms with Crippen LogP contribution in [0.25, 0.3) is 0 Å². The first-order chi connectivity index (χ1) is 20.1. The van der Waals surface area contributed by atoms with Gasteiger partial charge in [0.25, 0.3) is 5.91 Å². The molecule has 1 aliphatic heterocycles. The van der Waals surface area contributed by atoms with Crippen molar-refractivity contribution in [3.05, 3.63) is 0 Å². The van der Waals surface area contributed by atoms with Gasteiger partial charge in [0.1, 0.15) is 16.4 Å². The van der Waals surface area contributed by atoms with Crippen LogP contribution in [0, 0.1) is 40.9 Å². The van der Waals surface area contributed by atoms with Crippen LogP contribution in [-0.4, -0.2) is 69.0 Å². The zero-order valence-corrected chi connectivity index (χ0v) is 26.8. The molecule has 7 rings (SSSR count). The predicted molar refractivity (Wildman–Crippen MR) is 161 cm³/mol. The summed E-state index contributed by atoms with van der Waals surface area (Å²) in [7, 11) is 0. The molecular formula is C31H45Cl2N5O5. The van der Waals surface area contributed by atoms with E-state index in [1.807, 2.05) is 20.8 Å². The number of carbonyl (C=O) groups excluding carboxylic acids is 5. The van der Waals surface area contributed by atoms with E-state index in [1.165, 1.54) is 24.2 Å². The summed E-state index contributed by atoms with van der Waals surface area (Å²) >= 11 is 13.1. The number of ketones is 1. The number of carbonyl (C=O) groups is 5. The van der Waals surface area contributed by atoms with E-state index in [0.29, 0.717) is 24.2 Å². The van der Waals surface area contributed by atoms with E-state index < -0.39 is 57.3 Å². The summed E-state index contributed by atoms with van der Waals surface area (Å²) in [5, 5.41) is 8.99. The van der Waals surface area contributed by atoms with Crippen LogP contribution in [-0.2, 0) is 19.2 Å². The van der Waals surface area contributed by atoms with Crippen LogP contribution in [0.2, 0.25) is 0 Å². The fourth-order valence-corrected chi connectivity index (χ4v) is 10.2. The number of nitrogens with one attached hydrogen (secondary N) is 3. The molecule has 1 heterocycles. The molecule has 0 aromatic carbocycles. The number of hydrogen-bond donors (Lipinski definition) is 4. The van der Waals surface area contributed by atoms with Gasteiger partial charge in [0, 0.05) is 23.9 Å². The maximum absolute atomic E-state index is 14.2. The topological polar surface area (TPSA) is 151 Å². The summed E-state index contributed by atoms with van der Waals surface area (Å²) in [5.74, 6) is -1.64. The van der Waals surface area contributed by atoms with Crippen LogP contribution in [0.1, 0.15) is 85.0 Å². The Morgan fingerprint density at radius 2 is 1.53 bits per heavy atom. The van der Waals surface area contributed by atoms with Crippen molar-refractivity contribution < 1.29 is 24.0 Å². The SMILES string of the molecule is CC(C)(C)[C@H](NC(=O)NC12CC3CC(CC(C3)C1)C2)C(=O)N1C[C@H]2[C@@H]([C@H]1C(=O)NC(CC1CCC1)C(=O)C(N)=O)C2(Cl)Cl. The summed E-state index contributed by atoms with van der Waals surface area (Å²) in [5.41, 5.74) is 4.41. The molecule has 7 aliphatic rings. The Bertz CT molecular complexity index is 1180. The minimum Gasteiger partial charge on any atom is -0.363 e. The Balaban J connectivity index is 1.18. The van der Waals surface area contributed by atoms with Gasteiger partial charge in [-0.2, -0.15) is 0 Å². The third-order valence-electron chi connectivity index (χ3n) is 11.4. The minimum absolute atomic E-state index is 0.149. The normalized spacial score (nSPS) is 36.6. The second-order valence-electron chi connectivity index (χ2n) is 15.7. The lowest BCUT2D eigenvalue weighted by Gasteiger charge is -2.56. The monoisotopic (exact) mass is 637 g/mol. The average molecular weight is 639 g/mol. The zero-order chi connectivity index (χ0) is 31.1. The number of rotatable bonds is 9. The van der Waals surface area contributed by atoms with Crippen molar-refractivity contribution in [2.45, 2.75) is 113 Å². The molecule has 10 nitrogen and oxygen atoms in total. The van der Waals surface area contributed by atoms with Gasteiger partial charge in [-0.3, -0.25) is 19.2 Å². The van der Waals surface area contributed by atoms with Crippen LogP contribution in [0.3, 0.4) is 0 Å². The van der Waals surface area contributed by atoms with Crippen molar-refractivity contribution in [1.29, 1.82) is 0 Å². The van der Waals surface area contributed by atoms with E-state index in [1.54, 1.807) is 0 Å². The fraction of sp³-hybridized carbons (Fsp3) is 0.839. The molecular weight excluding hydrogens is 593 g/mol.